The molecule has 0 aliphatic carbocycles. The van der Waals surface area contributed by atoms with Crippen LogP contribution in [0.1, 0.15) is 5.69 Å². The van der Waals surface area contributed by atoms with Crippen LogP contribution in [0, 0.1) is 0 Å². The summed E-state index contributed by atoms with van der Waals surface area (Å²) in [5, 5.41) is 15.3. The summed E-state index contributed by atoms with van der Waals surface area (Å²) in [6.07, 6.45) is 0. The van der Waals surface area contributed by atoms with E-state index in [-0.39, 0.29) is 0 Å². The molecule has 4 nitrogen and oxygen atoms in total. The van der Waals surface area contributed by atoms with Gasteiger partial charge in [0.1, 0.15) is 5.60 Å². The lowest BCUT2D eigenvalue weighted by Crippen LogP contribution is -2.56. The number of β-amino-alcohol motifs (C(OH)–C–C–N with tert-alkyl or cyclic N) is 1. The fourth-order valence-electron chi connectivity index (χ4n) is 1.11. The third kappa shape index (κ3) is 1.10. The van der Waals surface area contributed by atoms with Crippen LogP contribution in [0.4, 0.5) is 0 Å². The highest BCUT2D eigenvalue weighted by molar-refractivity contribution is 7.11. The van der Waals surface area contributed by atoms with Crippen LogP contribution in [0.3, 0.4) is 0 Å². The van der Waals surface area contributed by atoms with E-state index in [0.717, 1.165) is 0 Å². The molecular formula is C7H10N2O2S. The van der Waals surface area contributed by atoms with Crippen LogP contribution in [0.2, 0.25) is 0 Å². The lowest BCUT2D eigenvalue weighted by Gasteiger charge is -2.35. The molecule has 0 unspecified atom stereocenters. The molecule has 5 heteroatoms. The molecule has 2 rings (SSSR count). The zero-order valence-corrected chi connectivity index (χ0v) is 7.52. The van der Waals surface area contributed by atoms with Crippen molar-refractivity contribution in [3.05, 3.63) is 11.1 Å². The number of thiazole rings is 1. The van der Waals surface area contributed by atoms with E-state index in [1.807, 2.05) is 5.38 Å². The monoisotopic (exact) mass is 186 g/mol. The maximum Gasteiger partial charge on any atom is 0.273 e. The number of aliphatic hydroxyl groups is 1. The molecule has 1 aromatic heterocycles. The number of nitrogens with one attached hydrogen (secondary N) is 1. The van der Waals surface area contributed by atoms with E-state index >= 15 is 0 Å². The van der Waals surface area contributed by atoms with Crippen molar-refractivity contribution in [1.82, 2.24) is 10.3 Å². The molecule has 0 spiro atoms. The molecule has 12 heavy (non-hydrogen) atoms. The van der Waals surface area contributed by atoms with Gasteiger partial charge < -0.3 is 15.2 Å². The number of ether oxygens (including phenoxy) is 1. The van der Waals surface area contributed by atoms with E-state index in [4.69, 9.17) is 4.74 Å². The van der Waals surface area contributed by atoms with E-state index in [1.54, 1.807) is 7.11 Å². The molecule has 0 aromatic carbocycles. The Labute approximate surface area is 74.2 Å². The zero-order chi connectivity index (χ0) is 8.60. The molecule has 2 N–H and O–H groups in total. The summed E-state index contributed by atoms with van der Waals surface area (Å²) >= 11 is 1.40. The van der Waals surface area contributed by atoms with Gasteiger partial charge in [-0.3, -0.25) is 0 Å². The third-order valence-corrected chi connectivity index (χ3v) is 2.77. The first-order valence-electron chi connectivity index (χ1n) is 3.68. The first-order chi connectivity index (χ1) is 5.74. The second-order valence-corrected chi connectivity index (χ2v) is 3.66. The van der Waals surface area contributed by atoms with Gasteiger partial charge in [0.2, 0.25) is 0 Å². The minimum absolute atomic E-state index is 0.583. The highest BCUT2D eigenvalue weighted by atomic mass is 32.1. The largest absolute Gasteiger partial charge is 0.473 e. The zero-order valence-electron chi connectivity index (χ0n) is 6.70. The molecule has 0 radical (unpaired) electrons. The molecule has 0 atom stereocenters. The van der Waals surface area contributed by atoms with Crippen molar-refractivity contribution in [2.75, 3.05) is 20.2 Å². The van der Waals surface area contributed by atoms with Gasteiger partial charge in [-0.2, -0.15) is 0 Å². The van der Waals surface area contributed by atoms with Gasteiger partial charge in [-0.15, -0.1) is 0 Å². The van der Waals surface area contributed by atoms with E-state index in [9.17, 15) is 5.11 Å². The SMILES string of the molecule is COc1nc(C2(O)CNC2)cs1. The summed E-state index contributed by atoms with van der Waals surface area (Å²) in [4.78, 5) is 4.13. The van der Waals surface area contributed by atoms with Crippen molar-refractivity contribution >= 4 is 11.3 Å². The molecule has 1 aliphatic heterocycles. The minimum Gasteiger partial charge on any atom is -0.473 e. The van der Waals surface area contributed by atoms with Crippen molar-refractivity contribution < 1.29 is 9.84 Å². The third-order valence-electron chi connectivity index (χ3n) is 1.97. The first-order valence-corrected chi connectivity index (χ1v) is 4.56. The Kier molecular flexibility index (Phi) is 1.79. The van der Waals surface area contributed by atoms with E-state index in [2.05, 4.69) is 10.3 Å². The maximum atomic E-state index is 9.82. The van der Waals surface area contributed by atoms with Crippen LogP contribution in [0.15, 0.2) is 5.38 Å². The smallest absolute Gasteiger partial charge is 0.273 e. The Morgan fingerprint density at radius 1 is 1.75 bits per heavy atom. The summed E-state index contributed by atoms with van der Waals surface area (Å²) < 4.78 is 4.93. The fourth-order valence-corrected chi connectivity index (χ4v) is 1.84. The molecule has 1 saturated heterocycles. The second kappa shape index (κ2) is 2.69. The number of rotatable bonds is 2. The molecule has 0 bridgehead atoms. The summed E-state index contributed by atoms with van der Waals surface area (Å²) in [7, 11) is 1.58. The fraction of sp³-hybridized carbons (Fsp3) is 0.571. The lowest BCUT2D eigenvalue weighted by molar-refractivity contribution is -0.0183. The highest BCUT2D eigenvalue weighted by Gasteiger charge is 2.38. The molecular weight excluding hydrogens is 176 g/mol. The van der Waals surface area contributed by atoms with Crippen molar-refractivity contribution in [3.63, 3.8) is 0 Å². The Balaban J connectivity index is 2.22. The molecule has 1 aromatic rings. The van der Waals surface area contributed by atoms with Crippen molar-refractivity contribution in [1.29, 1.82) is 0 Å². The second-order valence-electron chi connectivity index (χ2n) is 2.84. The van der Waals surface area contributed by atoms with Gasteiger partial charge in [0.25, 0.3) is 5.19 Å². The van der Waals surface area contributed by atoms with Gasteiger partial charge in [0.05, 0.1) is 12.8 Å². The van der Waals surface area contributed by atoms with Crippen LogP contribution in [0.5, 0.6) is 5.19 Å². The average molecular weight is 186 g/mol. The summed E-state index contributed by atoms with van der Waals surface area (Å²) in [5.74, 6) is 0. The van der Waals surface area contributed by atoms with Gasteiger partial charge in [0, 0.05) is 18.5 Å². The maximum absolute atomic E-state index is 9.82. The predicted molar refractivity (Wildman–Crippen MR) is 45.4 cm³/mol. The Morgan fingerprint density at radius 2 is 2.50 bits per heavy atom. The van der Waals surface area contributed by atoms with Crippen LogP contribution in [-0.2, 0) is 5.60 Å². The summed E-state index contributed by atoms with van der Waals surface area (Å²) in [6.45, 7) is 1.17. The first kappa shape index (κ1) is 7.97. The Bertz CT molecular complexity index is 283. The number of hydrogen-bond donors (Lipinski definition) is 2. The topological polar surface area (TPSA) is 54.4 Å². The van der Waals surface area contributed by atoms with Crippen molar-refractivity contribution in [3.8, 4) is 5.19 Å². The highest BCUT2D eigenvalue weighted by Crippen LogP contribution is 2.29. The van der Waals surface area contributed by atoms with Gasteiger partial charge >= 0.3 is 0 Å². The van der Waals surface area contributed by atoms with Crippen LogP contribution >= 0.6 is 11.3 Å². The molecule has 0 amide bonds. The van der Waals surface area contributed by atoms with Crippen LogP contribution < -0.4 is 10.1 Å². The standard InChI is InChI=1S/C7H10N2O2S/c1-11-6-9-5(2-12-6)7(10)3-8-4-7/h2,8,10H,3-4H2,1H3. The molecule has 1 fully saturated rings. The average Bonchev–Trinajstić information content (AvgIpc) is 2.48. The van der Waals surface area contributed by atoms with E-state index < -0.39 is 5.60 Å². The summed E-state index contributed by atoms with van der Waals surface area (Å²) in [6, 6.07) is 0. The quantitative estimate of drug-likeness (QED) is 0.679. The van der Waals surface area contributed by atoms with Gasteiger partial charge in [0.15, 0.2) is 0 Å². The predicted octanol–water partition coefficient (Wildman–Crippen LogP) is -0.0575. The number of hydrogen-bond acceptors (Lipinski definition) is 5. The van der Waals surface area contributed by atoms with Crippen LogP contribution in [-0.4, -0.2) is 30.3 Å². The van der Waals surface area contributed by atoms with Crippen LogP contribution in [0.25, 0.3) is 0 Å². The van der Waals surface area contributed by atoms with Crippen molar-refractivity contribution in [2.45, 2.75) is 5.60 Å². The van der Waals surface area contributed by atoms with E-state index in [0.29, 0.717) is 24.0 Å². The number of nitrogens with zero attached hydrogens (tertiary/aromatic N) is 1. The number of methoxy groups -OCH3 is 1. The van der Waals surface area contributed by atoms with Gasteiger partial charge in [-0.1, -0.05) is 11.3 Å². The Hall–Kier alpha value is -0.650. The normalized spacial score (nSPS) is 20.2. The van der Waals surface area contributed by atoms with E-state index in [1.165, 1.54) is 11.3 Å². The molecule has 66 valence electrons. The molecule has 2 heterocycles. The van der Waals surface area contributed by atoms with Gasteiger partial charge in [-0.25, -0.2) is 4.98 Å². The molecule has 1 aliphatic rings. The lowest BCUT2D eigenvalue weighted by atomic mass is 9.94. The number of aromatic nitrogens is 1. The van der Waals surface area contributed by atoms with Crippen molar-refractivity contribution in [2.24, 2.45) is 0 Å². The van der Waals surface area contributed by atoms with Gasteiger partial charge in [-0.05, 0) is 0 Å². The summed E-state index contributed by atoms with van der Waals surface area (Å²) in [5.41, 5.74) is -0.0455. The Morgan fingerprint density at radius 3 is 2.92 bits per heavy atom. The molecule has 0 saturated carbocycles. The minimum atomic E-state index is -0.757.